The van der Waals surface area contributed by atoms with Crippen molar-refractivity contribution in [2.24, 2.45) is 0 Å². The van der Waals surface area contributed by atoms with Gasteiger partial charge in [0.15, 0.2) is 0 Å². The fourth-order valence-electron chi connectivity index (χ4n) is 1.02. The van der Waals surface area contributed by atoms with Crippen molar-refractivity contribution in [3.05, 3.63) is 0 Å². The highest BCUT2D eigenvalue weighted by molar-refractivity contribution is 5.84. The van der Waals surface area contributed by atoms with Crippen LogP contribution in [0.5, 0.6) is 0 Å². The van der Waals surface area contributed by atoms with Crippen LogP contribution in [0.3, 0.4) is 0 Å². The first-order valence-electron chi connectivity index (χ1n) is 4.50. The van der Waals surface area contributed by atoms with Gasteiger partial charge >= 0.3 is 5.97 Å². The molecule has 6 heteroatoms. The van der Waals surface area contributed by atoms with E-state index >= 15 is 0 Å². The molecule has 1 amide bonds. The summed E-state index contributed by atoms with van der Waals surface area (Å²) < 4.78 is 4.47. The number of unbranched alkanes of at least 4 members (excludes halogenated alkanes) is 1. The average molecular weight is 214 g/mol. The molecule has 0 aliphatic carbocycles. The number of esters is 1. The van der Waals surface area contributed by atoms with Crippen LogP contribution in [-0.2, 0) is 14.3 Å². The Bertz CT molecular complexity index is 259. The van der Waals surface area contributed by atoms with Crippen molar-refractivity contribution in [3.63, 3.8) is 0 Å². The van der Waals surface area contributed by atoms with Gasteiger partial charge < -0.3 is 15.2 Å². The number of hydrogen-bond acceptors (Lipinski definition) is 5. The fourth-order valence-corrected chi connectivity index (χ4v) is 1.02. The lowest BCUT2D eigenvalue weighted by molar-refractivity contribution is -0.145. The molecule has 0 aliphatic rings. The van der Waals surface area contributed by atoms with Gasteiger partial charge in [-0.3, -0.25) is 4.79 Å². The summed E-state index contributed by atoms with van der Waals surface area (Å²) in [5.74, 6) is -1.21. The summed E-state index contributed by atoms with van der Waals surface area (Å²) in [6, 6.07) is 1.14. The van der Waals surface area contributed by atoms with Crippen LogP contribution in [-0.4, -0.2) is 36.7 Å². The fraction of sp³-hybridized carbons (Fsp3) is 0.667. The Labute approximate surface area is 87.8 Å². The molecule has 0 rings (SSSR count). The van der Waals surface area contributed by atoms with Crippen LogP contribution < -0.4 is 5.32 Å². The maximum atomic E-state index is 11.2. The number of aliphatic hydroxyl groups excluding tert-OH is 1. The van der Waals surface area contributed by atoms with Gasteiger partial charge in [0.25, 0.3) is 0 Å². The van der Waals surface area contributed by atoms with E-state index < -0.39 is 24.5 Å². The van der Waals surface area contributed by atoms with Crippen LogP contribution in [0.25, 0.3) is 0 Å². The van der Waals surface area contributed by atoms with E-state index in [-0.39, 0.29) is 0 Å². The van der Waals surface area contributed by atoms with E-state index in [0.717, 1.165) is 0 Å². The number of amides is 1. The molecule has 0 unspecified atom stereocenters. The highest BCUT2D eigenvalue weighted by Crippen LogP contribution is 2.02. The average Bonchev–Trinajstić information content (AvgIpc) is 2.26. The number of nitriles is 1. The topological polar surface area (TPSA) is 99.4 Å². The molecule has 15 heavy (non-hydrogen) atoms. The summed E-state index contributed by atoms with van der Waals surface area (Å²) in [6.45, 7) is -0.675. The van der Waals surface area contributed by atoms with E-state index in [9.17, 15) is 9.59 Å². The van der Waals surface area contributed by atoms with Crippen molar-refractivity contribution < 1.29 is 19.4 Å². The molecule has 0 bridgehead atoms. The van der Waals surface area contributed by atoms with Gasteiger partial charge in [0.2, 0.25) is 5.91 Å². The van der Waals surface area contributed by atoms with Crippen molar-refractivity contribution in [1.82, 2.24) is 5.32 Å². The zero-order valence-corrected chi connectivity index (χ0v) is 8.52. The first-order valence-corrected chi connectivity index (χ1v) is 4.50. The van der Waals surface area contributed by atoms with Crippen molar-refractivity contribution in [2.75, 3.05) is 13.7 Å². The van der Waals surface area contributed by atoms with E-state index in [1.165, 1.54) is 7.11 Å². The lowest BCUT2D eigenvalue weighted by Crippen LogP contribution is -2.42. The Balaban J connectivity index is 4.13. The van der Waals surface area contributed by atoms with E-state index in [2.05, 4.69) is 10.1 Å². The van der Waals surface area contributed by atoms with Crippen LogP contribution in [0.1, 0.15) is 19.3 Å². The molecule has 0 aromatic carbocycles. The highest BCUT2D eigenvalue weighted by Gasteiger charge is 2.20. The molecule has 0 aromatic heterocycles. The second-order valence-electron chi connectivity index (χ2n) is 2.85. The van der Waals surface area contributed by atoms with Crippen LogP contribution in [0.4, 0.5) is 0 Å². The Morgan fingerprint density at radius 1 is 1.60 bits per heavy atom. The van der Waals surface area contributed by atoms with Gasteiger partial charge in [0, 0.05) is 6.42 Å². The molecule has 6 nitrogen and oxygen atoms in total. The summed E-state index contributed by atoms with van der Waals surface area (Å²) in [6.07, 6.45) is 1.12. The maximum absolute atomic E-state index is 11.2. The van der Waals surface area contributed by atoms with E-state index in [0.29, 0.717) is 19.3 Å². The Hall–Kier alpha value is -1.61. The van der Waals surface area contributed by atoms with E-state index in [1.54, 1.807) is 0 Å². The zero-order valence-electron chi connectivity index (χ0n) is 8.52. The Kier molecular flexibility index (Phi) is 6.93. The largest absolute Gasteiger partial charge is 0.467 e. The van der Waals surface area contributed by atoms with Crippen molar-refractivity contribution in [1.29, 1.82) is 5.26 Å². The summed E-state index contributed by atoms with van der Waals surface area (Å²) in [5, 5.41) is 19.1. The summed E-state index contributed by atoms with van der Waals surface area (Å²) in [5.41, 5.74) is 0. The van der Waals surface area contributed by atoms with E-state index in [4.69, 9.17) is 10.4 Å². The number of aliphatic hydroxyl groups is 1. The smallest absolute Gasteiger partial charge is 0.328 e. The Morgan fingerprint density at radius 3 is 2.73 bits per heavy atom. The Morgan fingerprint density at radius 2 is 2.27 bits per heavy atom. The number of rotatable bonds is 6. The molecule has 0 aliphatic heterocycles. The molecule has 0 radical (unpaired) electrons. The lowest BCUT2D eigenvalue weighted by Gasteiger charge is -2.14. The standard InChI is InChI=1S/C9H14N2O4/c1-15-9(14)7(4-2-3-5-10)11-8(13)6-12/h7,12H,2-4,6H2,1H3,(H,11,13)/t7-/m0/s1. The lowest BCUT2D eigenvalue weighted by atomic mass is 10.1. The maximum Gasteiger partial charge on any atom is 0.328 e. The molecule has 0 aromatic rings. The predicted octanol–water partition coefficient (Wildman–Crippen LogP) is -0.670. The molecule has 84 valence electrons. The van der Waals surface area contributed by atoms with Crippen LogP contribution in [0.15, 0.2) is 0 Å². The van der Waals surface area contributed by atoms with Gasteiger partial charge in [-0.05, 0) is 12.8 Å². The molecular weight excluding hydrogens is 200 g/mol. The third-order valence-corrected chi connectivity index (χ3v) is 1.75. The number of methoxy groups -OCH3 is 1. The van der Waals surface area contributed by atoms with Gasteiger partial charge in [-0.2, -0.15) is 5.26 Å². The van der Waals surface area contributed by atoms with Gasteiger partial charge in [-0.25, -0.2) is 4.79 Å². The third-order valence-electron chi connectivity index (χ3n) is 1.75. The summed E-state index contributed by atoms with van der Waals surface area (Å²) in [4.78, 5) is 22.0. The second-order valence-corrected chi connectivity index (χ2v) is 2.85. The minimum absolute atomic E-state index is 0.308. The van der Waals surface area contributed by atoms with Gasteiger partial charge in [-0.1, -0.05) is 0 Å². The number of carbonyl (C=O) groups is 2. The van der Waals surface area contributed by atoms with Crippen molar-refractivity contribution >= 4 is 11.9 Å². The molecule has 0 fully saturated rings. The van der Waals surface area contributed by atoms with Crippen LogP contribution in [0, 0.1) is 11.3 Å². The minimum Gasteiger partial charge on any atom is -0.467 e. The monoisotopic (exact) mass is 214 g/mol. The second kappa shape index (κ2) is 7.76. The normalized spacial score (nSPS) is 11.3. The minimum atomic E-state index is -0.789. The molecule has 0 saturated heterocycles. The number of nitrogens with one attached hydrogen (secondary N) is 1. The molecule has 0 spiro atoms. The molecule has 1 atom stereocenters. The van der Waals surface area contributed by atoms with E-state index in [1.807, 2.05) is 6.07 Å². The van der Waals surface area contributed by atoms with Crippen molar-refractivity contribution in [3.8, 4) is 6.07 Å². The molecule has 2 N–H and O–H groups in total. The summed E-state index contributed by atoms with van der Waals surface area (Å²) in [7, 11) is 1.21. The predicted molar refractivity (Wildman–Crippen MR) is 50.5 cm³/mol. The van der Waals surface area contributed by atoms with Crippen LogP contribution >= 0.6 is 0 Å². The summed E-state index contributed by atoms with van der Waals surface area (Å²) >= 11 is 0. The number of ether oxygens (including phenoxy) is 1. The first-order chi connectivity index (χ1) is 7.15. The van der Waals surface area contributed by atoms with Gasteiger partial charge in [-0.15, -0.1) is 0 Å². The zero-order chi connectivity index (χ0) is 11.7. The van der Waals surface area contributed by atoms with Gasteiger partial charge in [0.1, 0.15) is 12.6 Å². The van der Waals surface area contributed by atoms with Crippen molar-refractivity contribution in [2.45, 2.75) is 25.3 Å². The SMILES string of the molecule is COC(=O)[C@H](CCCC#N)NC(=O)CO. The quantitative estimate of drug-likeness (QED) is 0.451. The molecular formula is C9H14N2O4. The molecule has 0 saturated carbocycles. The molecule has 0 heterocycles. The third kappa shape index (κ3) is 5.65. The number of hydrogen-bond donors (Lipinski definition) is 2. The van der Waals surface area contributed by atoms with Crippen LogP contribution in [0.2, 0.25) is 0 Å². The number of nitrogens with zero attached hydrogens (tertiary/aromatic N) is 1. The highest BCUT2D eigenvalue weighted by atomic mass is 16.5. The first kappa shape index (κ1) is 13.4. The number of carbonyl (C=O) groups excluding carboxylic acids is 2. The van der Waals surface area contributed by atoms with Gasteiger partial charge in [0.05, 0.1) is 13.2 Å².